The Bertz CT molecular complexity index is 401. The highest BCUT2D eigenvalue weighted by atomic mass is 16.4. The number of anilines is 1. The maximum absolute atomic E-state index is 11.6. The van der Waals surface area contributed by atoms with Crippen molar-refractivity contribution in [2.45, 2.75) is 26.7 Å². The molecule has 0 aliphatic rings. The van der Waals surface area contributed by atoms with Gasteiger partial charge in [0.15, 0.2) is 0 Å². The number of aryl methyl sites for hydroxylation is 1. The van der Waals surface area contributed by atoms with Crippen molar-refractivity contribution in [2.24, 2.45) is 5.92 Å². The van der Waals surface area contributed by atoms with Gasteiger partial charge in [-0.05, 0) is 25.0 Å². The van der Waals surface area contributed by atoms with E-state index >= 15 is 0 Å². The molecule has 1 rings (SSSR count). The second-order valence-electron chi connectivity index (χ2n) is 4.14. The largest absolute Gasteiger partial charge is 0.481 e. The van der Waals surface area contributed by atoms with Gasteiger partial charge < -0.3 is 10.4 Å². The van der Waals surface area contributed by atoms with E-state index in [4.69, 9.17) is 5.11 Å². The van der Waals surface area contributed by atoms with E-state index in [1.807, 2.05) is 6.92 Å². The number of aliphatic carboxylic acids is 1. The fourth-order valence-electron chi connectivity index (χ4n) is 1.44. The number of carbonyl (C=O) groups is 2. The zero-order valence-electron chi connectivity index (χ0n) is 9.93. The molecule has 1 amide bonds. The summed E-state index contributed by atoms with van der Waals surface area (Å²) in [5, 5.41) is 11.3. The van der Waals surface area contributed by atoms with Crippen LogP contribution in [-0.2, 0) is 9.59 Å². The van der Waals surface area contributed by atoms with Crippen molar-refractivity contribution in [3.63, 3.8) is 0 Å². The van der Waals surface area contributed by atoms with Crippen molar-refractivity contribution in [2.75, 3.05) is 5.32 Å². The number of nitrogens with one attached hydrogen (secondary N) is 1. The number of rotatable bonds is 5. The van der Waals surface area contributed by atoms with Gasteiger partial charge in [-0.15, -0.1) is 0 Å². The molecule has 0 bridgehead atoms. The Balaban J connectivity index is 2.44. The quantitative estimate of drug-likeness (QED) is 0.817. The number of carboxylic acid groups (broad SMARTS) is 1. The molecule has 1 aromatic heterocycles. The normalized spacial score (nSPS) is 11.9. The molecule has 0 spiro atoms. The number of amides is 1. The number of aromatic nitrogens is 1. The van der Waals surface area contributed by atoms with E-state index in [2.05, 4.69) is 10.3 Å². The highest BCUT2D eigenvalue weighted by molar-refractivity contribution is 5.90. The molecule has 0 aliphatic heterocycles. The van der Waals surface area contributed by atoms with Gasteiger partial charge in [-0.1, -0.05) is 6.92 Å². The van der Waals surface area contributed by atoms with Gasteiger partial charge in [-0.3, -0.25) is 14.6 Å². The minimum Gasteiger partial charge on any atom is -0.481 e. The summed E-state index contributed by atoms with van der Waals surface area (Å²) >= 11 is 0. The monoisotopic (exact) mass is 236 g/mol. The molecule has 17 heavy (non-hydrogen) atoms. The topological polar surface area (TPSA) is 79.3 Å². The van der Waals surface area contributed by atoms with E-state index in [9.17, 15) is 9.59 Å². The summed E-state index contributed by atoms with van der Waals surface area (Å²) in [6, 6.07) is 3.57. The lowest BCUT2D eigenvalue weighted by atomic mass is 10.0. The van der Waals surface area contributed by atoms with E-state index < -0.39 is 5.97 Å². The molecule has 1 unspecified atom stereocenters. The van der Waals surface area contributed by atoms with Crippen LogP contribution in [0.1, 0.15) is 25.5 Å². The van der Waals surface area contributed by atoms with Crippen LogP contribution in [-0.4, -0.2) is 22.0 Å². The number of nitrogens with zero attached hydrogens (tertiary/aromatic N) is 1. The first-order valence-corrected chi connectivity index (χ1v) is 5.41. The maximum Gasteiger partial charge on any atom is 0.303 e. The summed E-state index contributed by atoms with van der Waals surface area (Å²) in [7, 11) is 0. The minimum absolute atomic E-state index is 0.000429. The maximum atomic E-state index is 11.6. The third kappa shape index (κ3) is 5.10. The number of carbonyl (C=O) groups excluding carboxylic acids is 1. The molecule has 0 aliphatic carbocycles. The minimum atomic E-state index is -0.887. The highest BCUT2D eigenvalue weighted by Crippen LogP contribution is 2.11. The Morgan fingerprint density at radius 3 is 2.65 bits per heavy atom. The number of carboxylic acids is 1. The first kappa shape index (κ1) is 13.2. The molecule has 1 heterocycles. The Hall–Kier alpha value is -1.91. The zero-order valence-corrected chi connectivity index (χ0v) is 9.93. The van der Waals surface area contributed by atoms with E-state index in [0.717, 1.165) is 5.69 Å². The van der Waals surface area contributed by atoms with Gasteiger partial charge in [0.1, 0.15) is 0 Å². The van der Waals surface area contributed by atoms with Gasteiger partial charge >= 0.3 is 5.97 Å². The summed E-state index contributed by atoms with van der Waals surface area (Å²) in [5.41, 5.74) is 1.50. The van der Waals surface area contributed by atoms with Crippen LogP contribution in [0.25, 0.3) is 0 Å². The lowest BCUT2D eigenvalue weighted by molar-refractivity contribution is -0.138. The van der Waals surface area contributed by atoms with Crippen molar-refractivity contribution in [3.8, 4) is 0 Å². The first-order valence-electron chi connectivity index (χ1n) is 5.41. The molecule has 1 atom stereocenters. The van der Waals surface area contributed by atoms with Crippen LogP contribution < -0.4 is 5.32 Å². The second kappa shape index (κ2) is 5.98. The fourth-order valence-corrected chi connectivity index (χ4v) is 1.44. The SMILES string of the molecule is Cc1ccc(NC(=O)CC(C)CC(=O)O)cn1. The Morgan fingerprint density at radius 2 is 2.12 bits per heavy atom. The number of pyridine rings is 1. The molecule has 0 saturated carbocycles. The molecule has 2 N–H and O–H groups in total. The predicted molar refractivity (Wildman–Crippen MR) is 63.6 cm³/mol. The van der Waals surface area contributed by atoms with Gasteiger partial charge in [-0.2, -0.15) is 0 Å². The van der Waals surface area contributed by atoms with E-state index in [1.165, 1.54) is 0 Å². The van der Waals surface area contributed by atoms with Crippen LogP contribution in [0.5, 0.6) is 0 Å². The van der Waals surface area contributed by atoms with Crippen molar-refractivity contribution in [1.82, 2.24) is 4.98 Å². The summed E-state index contributed by atoms with van der Waals surface area (Å²) in [6.45, 7) is 3.60. The third-order valence-corrected chi connectivity index (χ3v) is 2.25. The summed E-state index contributed by atoms with van der Waals surface area (Å²) in [6.07, 6.45) is 1.77. The van der Waals surface area contributed by atoms with E-state index in [-0.39, 0.29) is 24.7 Å². The molecule has 5 nitrogen and oxygen atoms in total. The molecular weight excluding hydrogens is 220 g/mol. The van der Waals surface area contributed by atoms with Crippen molar-refractivity contribution in [1.29, 1.82) is 0 Å². The van der Waals surface area contributed by atoms with Crippen LogP contribution in [0, 0.1) is 12.8 Å². The zero-order chi connectivity index (χ0) is 12.8. The Morgan fingerprint density at radius 1 is 1.41 bits per heavy atom. The van der Waals surface area contributed by atoms with Crippen molar-refractivity contribution >= 4 is 17.6 Å². The first-order chi connectivity index (χ1) is 7.97. The summed E-state index contributed by atoms with van der Waals surface area (Å²) < 4.78 is 0. The standard InChI is InChI=1S/C12H16N2O3/c1-8(6-12(16)17)5-11(15)14-10-4-3-9(2)13-7-10/h3-4,7-8H,5-6H2,1-2H3,(H,14,15)(H,16,17). The molecule has 0 aromatic carbocycles. The summed E-state index contributed by atoms with van der Waals surface area (Å²) in [5.74, 6) is -1.25. The Labute approximate surface area is 99.9 Å². The average Bonchev–Trinajstić information content (AvgIpc) is 2.19. The summed E-state index contributed by atoms with van der Waals surface area (Å²) in [4.78, 5) is 26.1. The van der Waals surface area contributed by atoms with E-state index in [0.29, 0.717) is 5.69 Å². The molecule has 0 radical (unpaired) electrons. The molecule has 92 valence electrons. The third-order valence-electron chi connectivity index (χ3n) is 2.25. The molecule has 1 aromatic rings. The number of hydrogen-bond donors (Lipinski definition) is 2. The molecule has 0 saturated heterocycles. The van der Waals surface area contributed by atoms with Gasteiger partial charge in [0.2, 0.25) is 5.91 Å². The van der Waals surface area contributed by atoms with Crippen molar-refractivity contribution in [3.05, 3.63) is 24.0 Å². The highest BCUT2D eigenvalue weighted by Gasteiger charge is 2.12. The van der Waals surface area contributed by atoms with Crippen LogP contribution in [0.2, 0.25) is 0 Å². The van der Waals surface area contributed by atoms with Crippen LogP contribution >= 0.6 is 0 Å². The van der Waals surface area contributed by atoms with Crippen LogP contribution in [0.15, 0.2) is 18.3 Å². The number of hydrogen-bond acceptors (Lipinski definition) is 3. The average molecular weight is 236 g/mol. The van der Waals surface area contributed by atoms with Gasteiger partial charge in [0, 0.05) is 18.5 Å². The van der Waals surface area contributed by atoms with E-state index in [1.54, 1.807) is 25.3 Å². The van der Waals surface area contributed by atoms with Gasteiger partial charge in [0.25, 0.3) is 0 Å². The fraction of sp³-hybridized carbons (Fsp3) is 0.417. The van der Waals surface area contributed by atoms with Gasteiger partial charge in [0.05, 0.1) is 11.9 Å². The van der Waals surface area contributed by atoms with Crippen LogP contribution in [0.4, 0.5) is 5.69 Å². The second-order valence-corrected chi connectivity index (χ2v) is 4.14. The molecule has 5 heteroatoms. The molecular formula is C12H16N2O3. The predicted octanol–water partition coefficient (Wildman–Crippen LogP) is 1.83. The van der Waals surface area contributed by atoms with Gasteiger partial charge in [-0.25, -0.2) is 0 Å². The molecule has 0 fully saturated rings. The smallest absolute Gasteiger partial charge is 0.303 e. The lowest BCUT2D eigenvalue weighted by Gasteiger charge is -2.09. The Kier molecular flexibility index (Phi) is 4.63. The lowest BCUT2D eigenvalue weighted by Crippen LogP contribution is -2.17. The van der Waals surface area contributed by atoms with Crippen LogP contribution in [0.3, 0.4) is 0 Å². The van der Waals surface area contributed by atoms with Crippen molar-refractivity contribution < 1.29 is 14.7 Å².